The summed E-state index contributed by atoms with van der Waals surface area (Å²) >= 11 is 1.38. The number of halogens is 1. The minimum absolute atomic E-state index is 0.0383. The molecule has 4 heterocycles. The number of nitrogens with zero attached hydrogens (tertiary/aromatic N) is 5. The van der Waals surface area contributed by atoms with Gasteiger partial charge in [0.1, 0.15) is 22.9 Å². The fourth-order valence-corrected chi connectivity index (χ4v) is 8.02. The molecule has 2 saturated carbocycles. The predicted octanol–water partition coefficient (Wildman–Crippen LogP) is 5.24. The van der Waals surface area contributed by atoms with Crippen LogP contribution in [0.5, 0.6) is 5.88 Å². The molecule has 12 heteroatoms. The van der Waals surface area contributed by atoms with Gasteiger partial charge in [0.05, 0.1) is 10.4 Å². The first-order chi connectivity index (χ1) is 18.8. The van der Waals surface area contributed by atoms with Crippen molar-refractivity contribution in [3.8, 4) is 17.0 Å². The van der Waals surface area contributed by atoms with Gasteiger partial charge in [-0.3, -0.25) is 0 Å². The lowest BCUT2D eigenvalue weighted by Crippen LogP contribution is -2.38. The number of sulfone groups is 1. The molecular weight excluding hydrogens is 541 g/mol. The second kappa shape index (κ2) is 9.51. The first kappa shape index (κ1) is 24.9. The summed E-state index contributed by atoms with van der Waals surface area (Å²) in [5.41, 5.74) is 1.45. The molecule has 4 aromatic rings. The molecule has 3 fully saturated rings. The van der Waals surface area contributed by atoms with Crippen molar-refractivity contribution in [1.29, 1.82) is 0 Å². The number of rotatable bonds is 6. The van der Waals surface area contributed by atoms with Gasteiger partial charge in [-0.25, -0.2) is 22.8 Å². The number of hydrogen-bond acceptors (Lipinski definition) is 10. The van der Waals surface area contributed by atoms with Gasteiger partial charge in [0.2, 0.25) is 5.88 Å². The Kier molecular flexibility index (Phi) is 6.07. The Morgan fingerprint density at radius 1 is 1.10 bits per heavy atom. The van der Waals surface area contributed by atoms with E-state index in [1.807, 2.05) is 0 Å². The van der Waals surface area contributed by atoms with Gasteiger partial charge in [0.25, 0.3) is 0 Å². The first-order valence-corrected chi connectivity index (χ1v) is 16.1. The third-order valence-electron chi connectivity index (χ3n) is 8.47. The van der Waals surface area contributed by atoms with Gasteiger partial charge in [-0.05, 0) is 43.2 Å². The van der Waals surface area contributed by atoms with Crippen LogP contribution < -0.4 is 9.64 Å². The van der Waals surface area contributed by atoms with Crippen LogP contribution in [-0.2, 0) is 9.84 Å². The van der Waals surface area contributed by atoms with Gasteiger partial charge in [0.15, 0.2) is 15.7 Å². The van der Waals surface area contributed by atoms with Crippen molar-refractivity contribution < 1.29 is 22.1 Å². The van der Waals surface area contributed by atoms with Crippen molar-refractivity contribution in [2.24, 2.45) is 11.8 Å². The highest BCUT2D eigenvalue weighted by Gasteiger charge is 2.42. The van der Waals surface area contributed by atoms with Gasteiger partial charge in [-0.1, -0.05) is 17.6 Å². The van der Waals surface area contributed by atoms with Crippen LogP contribution in [0.2, 0.25) is 0 Å². The smallest absolute Gasteiger partial charge is 0.324 e. The monoisotopic (exact) mass is 569 g/mol. The maximum atomic E-state index is 14.9. The summed E-state index contributed by atoms with van der Waals surface area (Å²) in [4.78, 5) is 15.6. The van der Waals surface area contributed by atoms with Crippen LogP contribution >= 0.6 is 11.3 Å². The van der Waals surface area contributed by atoms with Crippen molar-refractivity contribution in [1.82, 2.24) is 20.1 Å². The molecule has 7 rings (SSSR count). The van der Waals surface area contributed by atoms with E-state index in [1.54, 1.807) is 5.38 Å². The maximum absolute atomic E-state index is 14.9. The average Bonchev–Trinajstić information content (AvgIpc) is 3.73. The molecule has 0 spiro atoms. The number of fused-ring (bicyclic) bond motifs is 3. The molecule has 2 aliphatic carbocycles. The van der Waals surface area contributed by atoms with E-state index in [1.165, 1.54) is 55.5 Å². The lowest BCUT2D eigenvalue weighted by molar-refractivity contribution is 0.164. The van der Waals surface area contributed by atoms with E-state index in [0.717, 1.165) is 54.7 Å². The molecule has 0 N–H and O–H groups in total. The van der Waals surface area contributed by atoms with Crippen LogP contribution in [0.4, 0.5) is 10.4 Å². The lowest BCUT2D eigenvalue weighted by atomic mass is 9.88. The summed E-state index contributed by atoms with van der Waals surface area (Å²) < 4.78 is 51.2. The molecule has 3 unspecified atom stereocenters. The summed E-state index contributed by atoms with van der Waals surface area (Å²) in [6.07, 6.45) is 9.12. The molecule has 3 aliphatic rings. The quantitative estimate of drug-likeness (QED) is 0.308. The predicted molar refractivity (Wildman–Crippen MR) is 144 cm³/mol. The van der Waals surface area contributed by atoms with Crippen molar-refractivity contribution in [3.05, 3.63) is 41.5 Å². The largest absolute Gasteiger partial charge is 0.473 e. The SMILES string of the molecule is CS(=O)(=O)c1ccc(-c2csc3c(OC4CCN(c5nc(C6CC7CCC6C7)no5)CC4)ncnc23)c(F)c1. The van der Waals surface area contributed by atoms with E-state index < -0.39 is 15.7 Å². The molecule has 0 amide bonds. The minimum atomic E-state index is -3.50. The zero-order chi connectivity index (χ0) is 26.7. The zero-order valence-corrected chi connectivity index (χ0v) is 23.0. The maximum Gasteiger partial charge on any atom is 0.324 e. The zero-order valence-electron chi connectivity index (χ0n) is 21.4. The van der Waals surface area contributed by atoms with Gasteiger partial charge in [-0.15, -0.1) is 11.3 Å². The van der Waals surface area contributed by atoms with Crippen LogP contribution in [-0.4, -0.2) is 54.0 Å². The molecular formula is C27H28FN5O4S2. The normalized spacial score (nSPS) is 23.6. The number of ether oxygens (including phenoxy) is 1. The molecule has 1 saturated heterocycles. The third kappa shape index (κ3) is 4.57. The van der Waals surface area contributed by atoms with E-state index in [0.29, 0.717) is 34.8 Å². The molecule has 39 heavy (non-hydrogen) atoms. The highest BCUT2D eigenvalue weighted by atomic mass is 32.2. The van der Waals surface area contributed by atoms with Crippen molar-refractivity contribution in [2.45, 2.75) is 55.4 Å². The minimum Gasteiger partial charge on any atom is -0.473 e. The molecule has 0 radical (unpaired) electrons. The van der Waals surface area contributed by atoms with Crippen molar-refractivity contribution in [2.75, 3.05) is 24.2 Å². The Morgan fingerprint density at radius 2 is 1.95 bits per heavy atom. The Labute approximate surface area is 229 Å². The second-order valence-electron chi connectivity index (χ2n) is 10.9. The van der Waals surface area contributed by atoms with Crippen molar-refractivity contribution >= 4 is 37.4 Å². The van der Waals surface area contributed by atoms with Gasteiger partial charge in [-0.2, -0.15) is 4.98 Å². The Bertz CT molecular complexity index is 1650. The summed E-state index contributed by atoms with van der Waals surface area (Å²) in [5.74, 6) is 2.72. The average molecular weight is 570 g/mol. The Balaban J connectivity index is 1.04. The topological polar surface area (TPSA) is 111 Å². The fraction of sp³-hybridized carbons (Fsp3) is 0.481. The van der Waals surface area contributed by atoms with E-state index in [2.05, 4.69) is 20.0 Å². The summed E-state index contributed by atoms with van der Waals surface area (Å²) in [7, 11) is -3.50. The van der Waals surface area contributed by atoms with Gasteiger partial charge >= 0.3 is 6.01 Å². The molecule has 2 bridgehead atoms. The summed E-state index contributed by atoms with van der Waals surface area (Å²) in [6.45, 7) is 1.48. The number of piperidine rings is 1. The lowest BCUT2D eigenvalue weighted by Gasteiger charge is -2.30. The van der Waals surface area contributed by atoms with Gasteiger partial charge < -0.3 is 14.2 Å². The first-order valence-electron chi connectivity index (χ1n) is 13.3. The molecule has 3 atom stereocenters. The van der Waals surface area contributed by atoms with Crippen LogP contribution in [0.15, 0.2) is 39.3 Å². The Hall–Kier alpha value is -3.12. The van der Waals surface area contributed by atoms with E-state index in [-0.39, 0.29) is 16.6 Å². The third-order valence-corrected chi connectivity index (χ3v) is 10.5. The second-order valence-corrected chi connectivity index (χ2v) is 13.8. The number of hydrogen-bond donors (Lipinski definition) is 0. The van der Waals surface area contributed by atoms with E-state index in [9.17, 15) is 12.8 Å². The van der Waals surface area contributed by atoms with Gasteiger partial charge in [0, 0.05) is 54.6 Å². The molecule has 9 nitrogen and oxygen atoms in total. The van der Waals surface area contributed by atoms with Crippen LogP contribution in [0, 0.1) is 17.7 Å². The number of anilines is 1. The van der Waals surface area contributed by atoms with E-state index >= 15 is 0 Å². The van der Waals surface area contributed by atoms with Crippen LogP contribution in [0.1, 0.15) is 50.3 Å². The summed E-state index contributed by atoms with van der Waals surface area (Å²) in [6, 6.07) is 4.53. The van der Waals surface area contributed by atoms with Crippen LogP contribution in [0.25, 0.3) is 21.3 Å². The molecule has 1 aliphatic heterocycles. The highest BCUT2D eigenvalue weighted by molar-refractivity contribution is 7.90. The molecule has 3 aromatic heterocycles. The number of thiophene rings is 1. The summed E-state index contributed by atoms with van der Waals surface area (Å²) in [5, 5.41) is 6.13. The molecule has 1 aromatic carbocycles. The van der Waals surface area contributed by atoms with E-state index in [4.69, 9.17) is 14.2 Å². The fourth-order valence-electron chi connectivity index (χ4n) is 6.44. The molecule has 204 valence electrons. The number of aromatic nitrogens is 4. The van der Waals surface area contributed by atoms with Crippen molar-refractivity contribution in [3.63, 3.8) is 0 Å². The highest BCUT2D eigenvalue weighted by Crippen LogP contribution is 2.52. The number of benzene rings is 1. The van der Waals surface area contributed by atoms with Crippen LogP contribution in [0.3, 0.4) is 0 Å². The standard InChI is InChI=1S/C27H28FN5O4S2/c1-39(34,35)18-4-5-19(22(28)12-18)21-13-38-24-23(21)29-14-30-26(24)36-17-6-8-33(9-7-17)27-31-25(32-37-27)20-11-15-2-3-16(20)10-15/h4-5,12-17,20H,2-3,6-11H2,1H3. The Morgan fingerprint density at radius 3 is 2.67 bits per heavy atom.